The molecule has 0 aliphatic carbocycles. The van der Waals surface area contributed by atoms with Gasteiger partial charge in [0.2, 0.25) is 5.95 Å². The molecule has 0 saturated carbocycles. The largest absolute Gasteiger partial charge is 0.324 e. The molecule has 1 aromatic heterocycles. The lowest BCUT2D eigenvalue weighted by Gasteiger charge is -2.09. The van der Waals surface area contributed by atoms with Gasteiger partial charge >= 0.3 is 0 Å². The van der Waals surface area contributed by atoms with Crippen LogP contribution < -0.4 is 5.32 Å². The van der Waals surface area contributed by atoms with Crippen LogP contribution in [0.5, 0.6) is 0 Å². The summed E-state index contributed by atoms with van der Waals surface area (Å²) in [7, 11) is 0. The zero-order chi connectivity index (χ0) is 19.3. The first-order valence-electron chi connectivity index (χ1n) is 8.57. The van der Waals surface area contributed by atoms with Crippen molar-refractivity contribution in [2.45, 2.75) is 0 Å². The highest BCUT2D eigenvalue weighted by Gasteiger charge is 2.11. The summed E-state index contributed by atoms with van der Waals surface area (Å²) in [6.45, 7) is 0. The Morgan fingerprint density at radius 2 is 1.18 bits per heavy atom. The number of nitrogens with one attached hydrogen (secondary N) is 1. The van der Waals surface area contributed by atoms with Crippen molar-refractivity contribution in [3.63, 3.8) is 0 Å². The molecule has 136 valence electrons. The summed E-state index contributed by atoms with van der Waals surface area (Å²) in [5.74, 6) is 1.44. The molecule has 4 aromatic rings. The number of rotatable bonds is 5. The predicted octanol–water partition coefficient (Wildman–Crippen LogP) is 4.86. The number of hydrogen-bond acceptors (Lipinski definition) is 6. The molecule has 0 saturated heterocycles. The third kappa shape index (κ3) is 3.83. The van der Waals surface area contributed by atoms with Crippen LogP contribution in [0.25, 0.3) is 22.8 Å². The van der Waals surface area contributed by atoms with E-state index in [1.54, 1.807) is 12.1 Å². The van der Waals surface area contributed by atoms with E-state index in [2.05, 4.69) is 20.3 Å². The van der Waals surface area contributed by atoms with Crippen LogP contribution in [-0.2, 0) is 0 Å². The lowest BCUT2D eigenvalue weighted by Crippen LogP contribution is -2.03. The van der Waals surface area contributed by atoms with Crippen LogP contribution in [0.4, 0.5) is 17.3 Å². The van der Waals surface area contributed by atoms with E-state index in [0.717, 1.165) is 11.1 Å². The summed E-state index contributed by atoms with van der Waals surface area (Å²) < 4.78 is 0. The van der Waals surface area contributed by atoms with E-state index in [4.69, 9.17) is 0 Å². The van der Waals surface area contributed by atoms with Crippen molar-refractivity contribution in [2.75, 3.05) is 5.32 Å². The van der Waals surface area contributed by atoms with E-state index in [1.807, 2.05) is 60.7 Å². The summed E-state index contributed by atoms with van der Waals surface area (Å²) in [6.07, 6.45) is 0. The maximum Gasteiger partial charge on any atom is 0.269 e. The molecular formula is C21H15N5O2. The number of nitrogens with zero attached hydrogens (tertiary/aromatic N) is 4. The minimum absolute atomic E-state index is 0.0242. The van der Waals surface area contributed by atoms with Gasteiger partial charge in [-0.05, 0) is 12.1 Å². The molecule has 0 bridgehead atoms. The first kappa shape index (κ1) is 17.3. The first-order chi connectivity index (χ1) is 13.7. The SMILES string of the molecule is O=[N+]([O-])c1ccc(Nc2nc(-c3ccccc3)nc(-c3ccccc3)n2)cc1. The standard InChI is InChI=1S/C21H15N5O2/c27-26(28)18-13-11-17(12-14-18)22-21-24-19(15-7-3-1-4-8-15)23-20(25-21)16-9-5-2-6-10-16/h1-14H,(H,22,23,24,25). The lowest BCUT2D eigenvalue weighted by molar-refractivity contribution is -0.384. The molecule has 0 spiro atoms. The van der Waals surface area contributed by atoms with E-state index < -0.39 is 4.92 Å². The molecule has 0 amide bonds. The number of anilines is 2. The Morgan fingerprint density at radius 3 is 1.64 bits per heavy atom. The van der Waals surface area contributed by atoms with Crippen LogP contribution in [0.1, 0.15) is 0 Å². The highest BCUT2D eigenvalue weighted by Crippen LogP contribution is 2.24. The second kappa shape index (κ2) is 7.63. The topological polar surface area (TPSA) is 93.8 Å². The van der Waals surface area contributed by atoms with Crippen molar-refractivity contribution in [3.05, 3.63) is 95.0 Å². The van der Waals surface area contributed by atoms with Gasteiger partial charge in [0.15, 0.2) is 11.6 Å². The molecule has 1 heterocycles. The Balaban J connectivity index is 1.74. The Hall–Kier alpha value is -4.13. The lowest BCUT2D eigenvalue weighted by atomic mass is 10.2. The normalized spacial score (nSPS) is 10.4. The number of benzene rings is 3. The van der Waals surface area contributed by atoms with Gasteiger partial charge in [0.25, 0.3) is 5.69 Å². The summed E-state index contributed by atoms with van der Waals surface area (Å²) in [5.41, 5.74) is 2.41. The van der Waals surface area contributed by atoms with Gasteiger partial charge < -0.3 is 5.32 Å². The molecule has 0 fully saturated rings. The second-order valence-electron chi connectivity index (χ2n) is 5.97. The molecule has 7 nitrogen and oxygen atoms in total. The number of nitro benzene ring substituents is 1. The van der Waals surface area contributed by atoms with Gasteiger partial charge in [-0.15, -0.1) is 0 Å². The van der Waals surface area contributed by atoms with Crippen molar-refractivity contribution in [2.24, 2.45) is 0 Å². The fraction of sp³-hybridized carbons (Fsp3) is 0. The minimum Gasteiger partial charge on any atom is -0.324 e. The average Bonchev–Trinajstić information content (AvgIpc) is 2.75. The molecule has 0 atom stereocenters. The zero-order valence-corrected chi connectivity index (χ0v) is 14.7. The van der Waals surface area contributed by atoms with E-state index in [-0.39, 0.29) is 5.69 Å². The fourth-order valence-electron chi connectivity index (χ4n) is 2.66. The zero-order valence-electron chi connectivity index (χ0n) is 14.7. The highest BCUT2D eigenvalue weighted by atomic mass is 16.6. The molecule has 4 rings (SSSR count). The number of non-ortho nitro benzene ring substituents is 1. The Kier molecular flexibility index (Phi) is 4.71. The fourth-order valence-corrected chi connectivity index (χ4v) is 2.66. The molecule has 1 N–H and O–H groups in total. The summed E-state index contributed by atoms with van der Waals surface area (Å²) in [5, 5.41) is 13.9. The van der Waals surface area contributed by atoms with Crippen molar-refractivity contribution in [3.8, 4) is 22.8 Å². The van der Waals surface area contributed by atoms with Gasteiger partial charge in [0.1, 0.15) is 0 Å². The predicted molar refractivity (Wildman–Crippen MR) is 107 cm³/mol. The van der Waals surface area contributed by atoms with Crippen LogP contribution >= 0.6 is 0 Å². The maximum atomic E-state index is 10.8. The average molecular weight is 369 g/mol. The third-order valence-electron chi connectivity index (χ3n) is 4.03. The van der Waals surface area contributed by atoms with Gasteiger partial charge in [-0.2, -0.15) is 9.97 Å². The smallest absolute Gasteiger partial charge is 0.269 e. The molecule has 7 heteroatoms. The van der Waals surface area contributed by atoms with Gasteiger partial charge in [-0.1, -0.05) is 60.7 Å². The Bertz CT molecular complexity index is 1040. The maximum absolute atomic E-state index is 10.8. The summed E-state index contributed by atoms with van der Waals surface area (Å²) in [4.78, 5) is 24.0. The molecular weight excluding hydrogens is 354 g/mol. The van der Waals surface area contributed by atoms with Crippen molar-refractivity contribution < 1.29 is 4.92 Å². The van der Waals surface area contributed by atoms with Crippen LogP contribution in [0, 0.1) is 10.1 Å². The highest BCUT2D eigenvalue weighted by molar-refractivity contribution is 5.65. The van der Waals surface area contributed by atoms with Gasteiger partial charge in [0.05, 0.1) is 4.92 Å². The Labute approximate surface area is 160 Å². The quantitative estimate of drug-likeness (QED) is 0.399. The van der Waals surface area contributed by atoms with Crippen molar-refractivity contribution in [1.82, 2.24) is 15.0 Å². The monoisotopic (exact) mass is 369 g/mol. The molecule has 3 aromatic carbocycles. The number of aromatic nitrogens is 3. The molecule has 0 unspecified atom stereocenters. The minimum atomic E-state index is -0.437. The van der Waals surface area contributed by atoms with E-state index in [1.165, 1.54) is 12.1 Å². The van der Waals surface area contributed by atoms with Gasteiger partial charge in [-0.25, -0.2) is 4.98 Å². The van der Waals surface area contributed by atoms with Gasteiger partial charge in [0, 0.05) is 28.9 Å². The molecule has 0 radical (unpaired) electrons. The summed E-state index contributed by atoms with van der Waals surface area (Å²) >= 11 is 0. The second-order valence-corrected chi connectivity index (χ2v) is 5.97. The van der Waals surface area contributed by atoms with E-state index in [0.29, 0.717) is 23.3 Å². The van der Waals surface area contributed by atoms with E-state index >= 15 is 0 Å². The molecule has 0 aliphatic heterocycles. The first-order valence-corrected chi connectivity index (χ1v) is 8.57. The summed E-state index contributed by atoms with van der Waals surface area (Å²) in [6, 6.07) is 25.4. The van der Waals surface area contributed by atoms with Crippen LogP contribution in [-0.4, -0.2) is 19.9 Å². The third-order valence-corrected chi connectivity index (χ3v) is 4.03. The molecule has 28 heavy (non-hydrogen) atoms. The van der Waals surface area contributed by atoms with Crippen molar-refractivity contribution in [1.29, 1.82) is 0 Å². The molecule has 0 aliphatic rings. The van der Waals surface area contributed by atoms with Crippen LogP contribution in [0.15, 0.2) is 84.9 Å². The number of hydrogen-bond donors (Lipinski definition) is 1. The van der Waals surface area contributed by atoms with Gasteiger partial charge in [-0.3, -0.25) is 10.1 Å². The number of nitro groups is 1. The van der Waals surface area contributed by atoms with Crippen LogP contribution in [0.2, 0.25) is 0 Å². The Morgan fingerprint density at radius 1 is 0.679 bits per heavy atom. The van der Waals surface area contributed by atoms with E-state index in [9.17, 15) is 10.1 Å². The van der Waals surface area contributed by atoms with Crippen LogP contribution in [0.3, 0.4) is 0 Å². The van der Waals surface area contributed by atoms with Crippen molar-refractivity contribution >= 4 is 17.3 Å².